The average Bonchev–Trinajstić information content (AvgIpc) is 3.33. The standard InChI is InChI=1S/C29H35FN8O4S/c1-18-15-38(16-19(2)32-18)25-5-4-22(28(39)33-21-12-20-17-36(3)35-26(20)24(30)13-21)27-23(25)14-31-29(34-27)42-9-6-37-7-10-43(40,41)11-8-37/h4-5,12-14,17-19,32H,6-11,15-16H2,1-3H3,(H,33,39)/t18-,19-/m1/s1. The number of rotatable bonds is 7. The van der Waals surface area contributed by atoms with Gasteiger partial charge in [0, 0.05) is 86.4 Å². The van der Waals surface area contributed by atoms with Crippen LogP contribution in [0.5, 0.6) is 6.01 Å². The molecule has 2 aromatic carbocycles. The zero-order valence-corrected chi connectivity index (χ0v) is 25.2. The van der Waals surface area contributed by atoms with Gasteiger partial charge in [0.25, 0.3) is 5.91 Å². The summed E-state index contributed by atoms with van der Waals surface area (Å²) in [6.07, 6.45) is 3.36. The molecular formula is C29H35FN8O4S. The van der Waals surface area contributed by atoms with Crippen molar-refractivity contribution in [3.8, 4) is 6.01 Å². The minimum atomic E-state index is -2.96. The molecule has 2 atom stereocenters. The molecule has 0 unspecified atom stereocenters. The van der Waals surface area contributed by atoms with Crippen LogP contribution in [-0.2, 0) is 16.9 Å². The first-order valence-corrected chi connectivity index (χ1v) is 16.2. The van der Waals surface area contributed by atoms with Crippen molar-refractivity contribution in [3.63, 3.8) is 0 Å². The van der Waals surface area contributed by atoms with Crippen molar-refractivity contribution >= 4 is 48.9 Å². The van der Waals surface area contributed by atoms with E-state index in [0.29, 0.717) is 47.2 Å². The molecule has 2 N–H and O–H groups in total. The fraction of sp³-hybridized carbons (Fsp3) is 0.448. The number of sulfone groups is 1. The molecule has 2 aliphatic heterocycles. The van der Waals surface area contributed by atoms with Crippen LogP contribution in [0.2, 0.25) is 0 Å². The Bertz CT molecular complexity index is 1770. The second-order valence-electron chi connectivity index (χ2n) is 11.4. The zero-order chi connectivity index (χ0) is 30.3. The van der Waals surface area contributed by atoms with Crippen LogP contribution in [0.1, 0.15) is 24.2 Å². The van der Waals surface area contributed by atoms with E-state index in [2.05, 4.69) is 44.4 Å². The van der Waals surface area contributed by atoms with Crippen molar-refractivity contribution < 1.29 is 22.3 Å². The van der Waals surface area contributed by atoms with Gasteiger partial charge in [0.15, 0.2) is 15.7 Å². The van der Waals surface area contributed by atoms with Crippen LogP contribution in [0, 0.1) is 5.82 Å². The van der Waals surface area contributed by atoms with Crippen molar-refractivity contribution in [1.82, 2.24) is 30.0 Å². The number of amides is 1. The molecule has 1 amide bonds. The van der Waals surface area contributed by atoms with E-state index in [-0.39, 0.29) is 41.7 Å². The maximum absolute atomic E-state index is 14.7. The summed E-state index contributed by atoms with van der Waals surface area (Å²) in [5.41, 5.74) is 2.17. The van der Waals surface area contributed by atoms with Crippen LogP contribution < -0.4 is 20.3 Å². The highest BCUT2D eigenvalue weighted by Gasteiger charge is 2.25. The fourth-order valence-electron chi connectivity index (χ4n) is 5.86. The molecule has 0 aliphatic carbocycles. The van der Waals surface area contributed by atoms with E-state index in [0.717, 1.165) is 18.8 Å². The summed E-state index contributed by atoms with van der Waals surface area (Å²) in [6.45, 7) is 7.54. The highest BCUT2D eigenvalue weighted by atomic mass is 32.2. The van der Waals surface area contributed by atoms with Crippen LogP contribution >= 0.6 is 0 Å². The first-order chi connectivity index (χ1) is 20.5. The van der Waals surface area contributed by atoms with Crippen LogP contribution in [0.15, 0.2) is 36.7 Å². The Balaban J connectivity index is 1.29. The van der Waals surface area contributed by atoms with Gasteiger partial charge in [-0.05, 0) is 38.1 Å². The Morgan fingerprint density at radius 2 is 1.88 bits per heavy atom. The van der Waals surface area contributed by atoms with E-state index in [9.17, 15) is 17.6 Å². The predicted molar refractivity (Wildman–Crippen MR) is 163 cm³/mol. The maximum atomic E-state index is 14.7. The molecule has 0 radical (unpaired) electrons. The highest BCUT2D eigenvalue weighted by Crippen LogP contribution is 2.31. The summed E-state index contributed by atoms with van der Waals surface area (Å²) in [7, 11) is -1.25. The molecular weight excluding hydrogens is 575 g/mol. The third-order valence-electron chi connectivity index (χ3n) is 7.86. The molecule has 2 aromatic heterocycles. The quantitative estimate of drug-likeness (QED) is 0.321. The van der Waals surface area contributed by atoms with Crippen LogP contribution in [-0.4, -0.2) is 102 Å². The monoisotopic (exact) mass is 610 g/mol. The Labute approximate surface area is 249 Å². The summed E-state index contributed by atoms with van der Waals surface area (Å²) in [5, 5.41) is 11.8. The number of piperazine rings is 1. The number of carbonyl (C=O) groups is 1. The molecule has 6 rings (SSSR count). The lowest BCUT2D eigenvalue weighted by molar-refractivity contribution is 0.102. The zero-order valence-electron chi connectivity index (χ0n) is 24.4. The number of hydrogen-bond donors (Lipinski definition) is 2. The molecule has 0 spiro atoms. The van der Waals surface area contributed by atoms with Gasteiger partial charge in [-0.15, -0.1) is 0 Å². The van der Waals surface area contributed by atoms with Gasteiger partial charge < -0.3 is 20.3 Å². The molecule has 2 fully saturated rings. The molecule has 43 heavy (non-hydrogen) atoms. The van der Waals surface area contributed by atoms with Gasteiger partial charge in [-0.1, -0.05) is 0 Å². The minimum Gasteiger partial charge on any atom is -0.462 e. The van der Waals surface area contributed by atoms with E-state index in [1.165, 1.54) is 10.7 Å². The number of hydrogen-bond acceptors (Lipinski definition) is 10. The second-order valence-corrected chi connectivity index (χ2v) is 13.7. The Morgan fingerprint density at radius 3 is 2.63 bits per heavy atom. The summed E-state index contributed by atoms with van der Waals surface area (Å²) in [4.78, 5) is 27.0. The van der Waals surface area contributed by atoms with Crippen LogP contribution in [0.25, 0.3) is 21.8 Å². The van der Waals surface area contributed by atoms with E-state index < -0.39 is 21.6 Å². The first-order valence-electron chi connectivity index (χ1n) is 14.4. The molecule has 4 aromatic rings. The summed E-state index contributed by atoms with van der Waals surface area (Å²) >= 11 is 0. The Hall–Kier alpha value is -3.88. The molecule has 228 valence electrons. The molecule has 0 saturated carbocycles. The number of ether oxygens (including phenoxy) is 1. The van der Waals surface area contributed by atoms with Gasteiger partial charge in [-0.25, -0.2) is 17.8 Å². The van der Waals surface area contributed by atoms with Crippen molar-refractivity contribution in [2.24, 2.45) is 7.05 Å². The van der Waals surface area contributed by atoms with E-state index >= 15 is 0 Å². The Morgan fingerprint density at radius 1 is 1.14 bits per heavy atom. The normalized spacial score (nSPS) is 20.9. The topological polar surface area (TPSA) is 135 Å². The lowest BCUT2D eigenvalue weighted by Gasteiger charge is -2.38. The minimum absolute atomic E-state index is 0.119. The lowest BCUT2D eigenvalue weighted by Crippen LogP contribution is -2.54. The summed E-state index contributed by atoms with van der Waals surface area (Å²) in [5.74, 6) is -0.691. The number of nitrogens with zero attached hydrogens (tertiary/aromatic N) is 6. The summed E-state index contributed by atoms with van der Waals surface area (Å²) in [6, 6.07) is 7.23. The average molecular weight is 611 g/mol. The third-order valence-corrected chi connectivity index (χ3v) is 9.47. The number of aryl methyl sites for hydroxylation is 1. The molecule has 12 nitrogen and oxygen atoms in total. The maximum Gasteiger partial charge on any atom is 0.316 e. The van der Waals surface area contributed by atoms with E-state index in [1.54, 1.807) is 31.6 Å². The lowest BCUT2D eigenvalue weighted by atomic mass is 10.0. The Kier molecular flexibility index (Phi) is 7.92. The summed E-state index contributed by atoms with van der Waals surface area (Å²) < 4.78 is 45.6. The number of benzene rings is 2. The number of nitrogens with one attached hydrogen (secondary N) is 2. The SMILES string of the molecule is C[C@@H]1CN(c2ccc(C(=O)Nc3cc(F)c4nn(C)cc4c3)c3nc(OCCN4CCS(=O)(=O)CC4)ncc23)C[C@@H](C)N1. The fourth-order valence-corrected chi connectivity index (χ4v) is 7.14. The first kappa shape index (κ1) is 29.2. The van der Waals surface area contributed by atoms with Crippen LogP contribution in [0.3, 0.4) is 0 Å². The highest BCUT2D eigenvalue weighted by molar-refractivity contribution is 7.91. The van der Waals surface area contributed by atoms with Gasteiger partial charge in [0.05, 0.1) is 22.6 Å². The number of carbonyl (C=O) groups excluding carboxylic acids is 1. The predicted octanol–water partition coefficient (Wildman–Crippen LogP) is 2.20. The number of anilines is 2. The third kappa shape index (κ3) is 6.40. The van der Waals surface area contributed by atoms with Gasteiger partial charge in [0.2, 0.25) is 0 Å². The van der Waals surface area contributed by atoms with Crippen molar-refractivity contribution in [1.29, 1.82) is 0 Å². The smallest absolute Gasteiger partial charge is 0.316 e. The van der Waals surface area contributed by atoms with E-state index in [1.807, 2.05) is 11.0 Å². The second kappa shape index (κ2) is 11.7. The van der Waals surface area contributed by atoms with E-state index in [4.69, 9.17) is 4.74 Å². The molecule has 4 heterocycles. The van der Waals surface area contributed by atoms with Crippen molar-refractivity contribution in [2.75, 3.05) is 61.1 Å². The number of halogens is 1. The number of aromatic nitrogens is 4. The van der Waals surface area contributed by atoms with Gasteiger partial charge in [-0.3, -0.25) is 14.4 Å². The van der Waals surface area contributed by atoms with Gasteiger partial charge in [-0.2, -0.15) is 10.1 Å². The largest absolute Gasteiger partial charge is 0.462 e. The molecule has 14 heteroatoms. The molecule has 2 aliphatic rings. The van der Waals surface area contributed by atoms with Gasteiger partial charge in [0.1, 0.15) is 12.1 Å². The van der Waals surface area contributed by atoms with Crippen molar-refractivity contribution in [3.05, 3.63) is 48.0 Å². The molecule has 2 saturated heterocycles. The van der Waals surface area contributed by atoms with Crippen molar-refractivity contribution in [2.45, 2.75) is 25.9 Å². The molecule has 0 bridgehead atoms. The van der Waals surface area contributed by atoms with Crippen LogP contribution in [0.4, 0.5) is 15.8 Å². The number of fused-ring (bicyclic) bond motifs is 2. The van der Waals surface area contributed by atoms with Gasteiger partial charge >= 0.3 is 6.01 Å².